The Kier molecular flexibility index (Phi) is 15.9. The molecular weight excluding hydrogens is 140 g/mol. The van der Waals surface area contributed by atoms with Crippen LogP contribution in [0, 0.1) is 0 Å². The van der Waals surface area contributed by atoms with Crippen molar-refractivity contribution in [2.75, 3.05) is 13.0 Å². The molecule has 0 spiro atoms. The maximum atomic E-state index is 11.0. The van der Waals surface area contributed by atoms with Crippen molar-refractivity contribution in [2.45, 2.75) is 0 Å². The van der Waals surface area contributed by atoms with Crippen LogP contribution in [0.4, 0.5) is 4.20 Å². The fraction of sp³-hybridized carbons (Fsp3) is 1.00. The number of hydrogen-bond donors (Lipinski definition) is 0. The lowest BCUT2D eigenvalue weighted by molar-refractivity contribution is 0.919. The van der Waals surface area contributed by atoms with E-state index in [0.29, 0.717) is 0 Å². The van der Waals surface area contributed by atoms with E-state index in [2.05, 4.69) is 20.5 Å². The Labute approximate surface area is 46.4 Å². The molecule has 0 aromatic carbocycles. The summed E-state index contributed by atoms with van der Waals surface area (Å²) in [5.74, 6) is 0. The Morgan fingerprint density at radius 3 is 1.67 bits per heavy atom. The lowest BCUT2D eigenvalue weighted by Gasteiger charge is -1.74. The zero-order valence-corrected chi connectivity index (χ0v) is 6.59. The van der Waals surface area contributed by atoms with E-state index in [9.17, 15) is 4.20 Å². The predicted molar refractivity (Wildman–Crippen MR) is 35.4 cm³/mol. The summed E-state index contributed by atoms with van der Waals surface area (Å²) in [6.45, 7) is 1.53. The molecule has 0 bridgehead atoms. The van der Waals surface area contributed by atoms with Crippen molar-refractivity contribution in [1.29, 1.82) is 0 Å². The van der Waals surface area contributed by atoms with E-state index in [1.54, 1.807) is 0 Å². The molecule has 6 heavy (non-hydrogen) atoms. The number of rotatable bonds is 0. The molecule has 40 valence electrons. The monoisotopic (exact) mass is 148 g/mol. The van der Waals surface area contributed by atoms with Gasteiger partial charge in [-0.1, -0.05) is 8.93 Å². The summed E-state index contributed by atoms with van der Waals surface area (Å²) in [5.41, 5.74) is 0. The highest BCUT2D eigenvalue weighted by Gasteiger charge is 1.73. The SMILES string of the molecule is CCl.CP(F)P. The van der Waals surface area contributed by atoms with Crippen LogP contribution in [0.25, 0.3) is 0 Å². The van der Waals surface area contributed by atoms with Crippen LogP contribution in [0.2, 0.25) is 0 Å². The van der Waals surface area contributed by atoms with Crippen molar-refractivity contribution in [3.05, 3.63) is 0 Å². The number of hydrogen-bond acceptors (Lipinski definition) is 0. The maximum Gasteiger partial charge on any atom is 0.0954 e. The Balaban J connectivity index is 0. The smallest absolute Gasteiger partial charge is 0.0954 e. The molecule has 0 nitrogen and oxygen atoms in total. The average Bonchev–Trinajstić information content (AvgIpc) is 1.41. The van der Waals surface area contributed by atoms with Crippen molar-refractivity contribution < 1.29 is 4.20 Å². The van der Waals surface area contributed by atoms with E-state index < -0.39 is 7.92 Å². The largest absolute Gasteiger partial charge is 0.223 e. The second-order valence-corrected chi connectivity index (χ2v) is 3.71. The Morgan fingerprint density at radius 2 is 1.67 bits per heavy atom. The van der Waals surface area contributed by atoms with Gasteiger partial charge < -0.3 is 0 Å². The first kappa shape index (κ1) is 10.1. The van der Waals surface area contributed by atoms with Gasteiger partial charge in [0.05, 0.1) is 7.92 Å². The van der Waals surface area contributed by atoms with Crippen LogP contribution >= 0.6 is 28.5 Å². The Hall–Kier alpha value is 1.08. The molecule has 0 fully saturated rings. The van der Waals surface area contributed by atoms with Gasteiger partial charge in [-0.2, -0.15) is 0 Å². The molecular formula is C2H8ClFP2. The van der Waals surface area contributed by atoms with Crippen molar-refractivity contribution in [2.24, 2.45) is 0 Å². The lowest BCUT2D eigenvalue weighted by Crippen LogP contribution is -1.22. The molecule has 0 amide bonds. The van der Waals surface area contributed by atoms with Gasteiger partial charge in [-0.25, -0.2) is 4.20 Å². The summed E-state index contributed by atoms with van der Waals surface area (Å²) < 4.78 is 11.0. The average molecular weight is 148 g/mol. The standard InChI is InChI=1S/CH3Cl.CH5FP2/c1-2;1-4(2)3/h1H3;3H2,1H3. The second-order valence-electron chi connectivity index (χ2n) is 0.525. The van der Waals surface area contributed by atoms with E-state index in [1.807, 2.05) is 0 Å². The third-order valence-corrected chi connectivity index (χ3v) is 0. The molecule has 0 aromatic heterocycles. The zero-order valence-electron chi connectivity index (χ0n) is 3.78. The summed E-state index contributed by atoms with van der Waals surface area (Å²) in [5, 5.41) is 0. The fourth-order valence-corrected chi connectivity index (χ4v) is 0. The van der Waals surface area contributed by atoms with Crippen LogP contribution in [-0.2, 0) is 0 Å². The molecule has 0 saturated carbocycles. The first-order valence-electron chi connectivity index (χ1n) is 1.25. The highest BCUT2D eigenvalue weighted by molar-refractivity contribution is 8.10. The lowest BCUT2D eigenvalue weighted by atomic mass is 12.0. The summed E-state index contributed by atoms with van der Waals surface area (Å²) in [7, 11) is 0.852. The van der Waals surface area contributed by atoms with Crippen LogP contribution in [0.5, 0.6) is 0 Å². The van der Waals surface area contributed by atoms with Crippen LogP contribution in [-0.4, -0.2) is 13.0 Å². The van der Waals surface area contributed by atoms with Gasteiger partial charge in [0.2, 0.25) is 0 Å². The molecule has 2 atom stereocenters. The van der Waals surface area contributed by atoms with Gasteiger partial charge in [-0.3, -0.25) is 0 Å². The van der Waals surface area contributed by atoms with E-state index in [1.165, 1.54) is 13.0 Å². The third kappa shape index (κ3) is 72.5. The van der Waals surface area contributed by atoms with E-state index in [0.717, 1.165) is 0 Å². The van der Waals surface area contributed by atoms with Crippen molar-refractivity contribution in [3.63, 3.8) is 0 Å². The van der Waals surface area contributed by atoms with Gasteiger partial charge in [0.1, 0.15) is 0 Å². The molecule has 0 N–H and O–H groups in total. The highest BCUT2D eigenvalue weighted by Crippen LogP contribution is 2.40. The van der Waals surface area contributed by atoms with Crippen molar-refractivity contribution >= 4 is 28.5 Å². The molecule has 0 radical (unpaired) electrons. The first-order chi connectivity index (χ1) is 2.73. The fourth-order valence-electron chi connectivity index (χ4n) is 0. The molecule has 0 aromatic rings. The minimum atomic E-state index is -1.20. The van der Waals surface area contributed by atoms with Crippen molar-refractivity contribution in [1.82, 2.24) is 0 Å². The summed E-state index contributed by atoms with van der Waals surface area (Å²) in [6.07, 6.45) is 1.47. The van der Waals surface area contributed by atoms with Crippen molar-refractivity contribution in [3.8, 4) is 0 Å². The minimum absolute atomic E-state index is 1.20. The molecule has 0 heterocycles. The molecule has 0 saturated heterocycles. The topological polar surface area (TPSA) is 0 Å². The minimum Gasteiger partial charge on any atom is -0.223 e. The molecule has 4 heteroatoms. The van der Waals surface area contributed by atoms with Gasteiger partial charge in [0, 0.05) is 6.38 Å². The predicted octanol–water partition coefficient (Wildman–Crippen LogP) is 2.63. The molecule has 0 aliphatic rings. The van der Waals surface area contributed by atoms with Crippen LogP contribution in [0.15, 0.2) is 0 Å². The van der Waals surface area contributed by atoms with Gasteiger partial charge in [0.15, 0.2) is 0 Å². The highest BCUT2D eigenvalue weighted by atomic mass is 35.5. The molecule has 2 unspecified atom stereocenters. The quantitative estimate of drug-likeness (QED) is 0.366. The zero-order chi connectivity index (χ0) is 5.58. The number of alkyl halides is 1. The van der Waals surface area contributed by atoms with Crippen LogP contribution in [0.1, 0.15) is 0 Å². The van der Waals surface area contributed by atoms with Crippen LogP contribution in [0.3, 0.4) is 0 Å². The van der Waals surface area contributed by atoms with Gasteiger partial charge >= 0.3 is 0 Å². The van der Waals surface area contributed by atoms with E-state index >= 15 is 0 Å². The normalized spacial score (nSPS) is 11.5. The van der Waals surface area contributed by atoms with Crippen LogP contribution < -0.4 is 0 Å². The molecule has 0 aliphatic heterocycles. The van der Waals surface area contributed by atoms with Gasteiger partial charge in [0.25, 0.3) is 0 Å². The Morgan fingerprint density at radius 1 is 1.67 bits per heavy atom. The number of halogens is 2. The van der Waals surface area contributed by atoms with E-state index in [-0.39, 0.29) is 0 Å². The molecule has 0 aliphatic carbocycles. The summed E-state index contributed by atoms with van der Waals surface area (Å²) >= 11 is 4.64. The maximum absolute atomic E-state index is 11.0. The first-order valence-corrected chi connectivity index (χ1v) is 5.31. The van der Waals surface area contributed by atoms with Gasteiger partial charge in [-0.05, 0) is 6.66 Å². The second kappa shape index (κ2) is 9.43. The summed E-state index contributed by atoms with van der Waals surface area (Å²) in [4.78, 5) is 0. The van der Waals surface area contributed by atoms with E-state index in [4.69, 9.17) is 0 Å². The third-order valence-electron chi connectivity index (χ3n) is 0. The summed E-state index contributed by atoms with van der Waals surface area (Å²) in [6, 6.07) is 0. The van der Waals surface area contributed by atoms with Gasteiger partial charge in [-0.15, -0.1) is 11.6 Å². The Bertz CT molecular complexity index is 16.3. The molecule has 0 rings (SSSR count).